The van der Waals surface area contributed by atoms with Crippen LogP contribution in [0, 0.1) is 6.57 Å². The van der Waals surface area contributed by atoms with Gasteiger partial charge in [-0.1, -0.05) is 36.4 Å². The molecule has 152 valence electrons. The van der Waals surface area contributed by atoms with Crippen LogP contribution in [0.15, 0.2) is 66.7 Å². The van der Waals surface area contributed by atoms with Gasteiger partial charge in [-0.15, -0.1) is 15.0 Å². The maximum atomic E-state index is 12.4. The number of carbonyl (C=O) groups is 1. The van der Waals surface area contributed by atoms with Gasteiger partial charge in [-0.05, 0) is 48.4 Å². The minimum atomic E-state index is -0.191. The predicted octanol–water partition coefficient (Wildman–Crippen LogP) is 4.11. The van der Waals surface area contributed by atoms with E-state index in [-0.39, 0.29) is 18.1 Å². The highest BCUT2D eigenvalue weighted by molar-refractivity contribution is 6.07. The number of phenolic OH excluding ortho intramolecular Hbond substituents is 1. The Morgan fingerprint density at radius 1 is 1.06 bits per heavy atom. The summed E-state index contributed by atoms with van der Waals surface area (Å²) in [6.07, 6.45) is 3.30. The first-order valence-electron chi connectivity index (χ1n) is 9.58. The van der Waals surface area contributed by atoms with E-state index in [2.05, 4.69) is 15.0 Å². The maximum absolute atomic E-state index is 12.4. The van der Waals surface area contributed by atoms with Gasteiger partial charge < -0.3 is 10.2 Å². The molecule has 0 radical (unpaired) electrons. The highest BCUT2D eigenvalue weighted by Gasteiger charge is 2.14. The van der Waals surface area contributed by atoms with Crippen LogP contribution in [0.4, 0.5) is 5.69 Å². The Morgan fingerprint density at radius 2 is 1.84 bits per heavy atom. The molecule has 0 saturated carbocycles. The lowest BCUT2D eigenvalue weighted by molar-refractivity contribution is 0.104. The number of nitrogens with zero attached hydrogens (tertiary/aromatic N) is 4. The second-order valence-electron chi connectivity index (χ2n) is 6.86. The standard InChI is InChI=1S/C24H18N4O3/c1-25-19-8-9-20-21(15-19)27-28(26-20)22-14-16(11-12-29)13-18(24(22)31)7-10-23(30)17-5-3-2-4-6-17/h2-10,13-15,29,31H,11-12H2. The molecule has 0 atom stereocenters. The van der Waals surface area contributed by atoms with Crippen molar-refractivity contribution in [2.75, 3.05) is 6.61 Å². The topological polar surface area (TPSA) is 92.6 Å². The van der Waals surface area contributed by atoms with Crippen molar-refractivity contribution < 1.29 is 15.0 Å². The minimum Gasteiger partial charge on any atom is -0.505 e. The largest absolute Gasteiger partial charge is 0.505 e. The molecule has 7 heteroatoms. The molecule has 2 N–H and O–H groups in total. The van der Waals surface area contributed by atoms with Crippen LogP contribution in [0.1, 0.15) is 21.5 Å². The Morgan fingerprint density at radius 3 is 2.58 bits per heavy atom. The van der Waals surface area contributed by atoms with Crippen LogP contribution in [-0.2, 0) is 6.42 Å². The predicted molar refractivity (Wildman–Crippen MR) is 117 cm³/mol. The average Bonchev–Trinajstić information content (AvgIpc) is 3.22. The highest BCUT2D eigenvalue weighted by atomic mass is 16.3. The zero-order chi connectivity index (χ0) is 21.8. The molecule has 0 aliphatic carbocycles. The molecule has 0 aliphatic heterocycles. The number of hydrogen-bond acceptors (Lipinski definition) is 5. The molecule has 0 spiro atoms. The van der Waals surface area contributed by atoms with Crippen LogP contribution in [0.25, 0.3) is 27.6 Å². The van der Waals surface area contributed by atoms with E-state index in [0.29, 0.717) is 40.0 Å². The molecule has 0 aliphatic rings. The van der Waals surface area contributed by atoms with Gasteiger partial charge in [-0.2, -0.15) is 0 Å². The third-order valence-electron chi connectivity index (χ3n) is 4.76. The zero-order valence-corrected chi connectivity index (χ0v) is 16.4. The van der Waals surface area contributed by atoms with Crippen LogP contribution < -0.4 is 0 Å². The Labute approximate surface area is 178 Å². The summed E-state index contributed by atoms with van der Waals surface area (Å²) in [7, 11) is 0. The number of benzene rings is 3. The lowest BCUT2D eigenvalue weighted by atomic mass is 10.0. The Balaban J connectivity index is 1.76. The third-order valence-corrected chi connectivity index (χ3v) is 4.76. The number of aromatic nitrogens is 3. The lowest BCUT2D eigenvalue weighted by Crippen LogP contribution is -2.03. The van der Waals surface area contributed by atoms with E-state index in [1.165, 1.54) is 16.9 Å². The summed E-state index contributed by atoms with van der Waals surface area (Å²) in [5.74, 6) is -0.284. The van der Waals surface area contributed by atoms with Crippen molar-refractivity contribution in [3.8, 4) is 11.4 Å². The van der Waals surface area contributed by atoms with Gasteiger partial charge in [-0.25, -0.2) is 4.85 Å². The molecule has 0 unspecified atom stereocenters. The van der Waals surface area contributed by atoms with Gasteiger partial charge in [0, 0.05) is 17.7 Å². The SMILES string of the molecule is [C-]#[N+]c1ccc2nn(-c3cc(CCO)cc(C=CC(=O)c4ccccc4)c3O)nc2c1. The molecule has 7 nitrogen and oxygen atoms in total. The van der Waals surface area contributed by atoms with Gasteiger partial charge in [0.05, 0.1) is 6.57 Å². The second kappa shape index (κ2) is 8.61. The summed E-state index contributed by atoms with van der Waals surface area (Å²) in [4.78, 5) is 17.1. The summed E-state index contributed by atoms with van der Waals surface area (Å²) in [5, 5.41) is 29.0. The third kappa shape index (κ3) is 4.20. The molecule has 3 aromatic carbocycles. The van der Waals surface area contributed by atoms with Crippen molar-refractivity contribution in [2.45, 2.75) is 6.42 Å². The number of allylic oxidation sites excluding steroid dienone is 1. The molecule has 1 aromatic heterocycles. The van der Waals surface area contributed by atoms with Crippen molar-refractivity contribution in [1.29, 1.82) is 0 Å². The van der Waals surface area contributed by atoms with Crippen molar-refractivity contribution in [1.82, 2.24) is 15.0 Å². The van der Waals surface area contributed by atoms with Gasteiger partial charge in [0.2, 0.25) is 0 Å². The molecule has 0 bridgehead atoms. The molecule has 31 heavy (non-hydrogen) atoms. The number of phenols is 1. The Hall–Kier alpha value is -4.28. The van der Waals surface area contributed by atoms with Gasteiger partial charge in [0.1, 0.15) is 22.5 Å². The Kier molecular flexibility index (Phi) is 5.56. The van der Waals surface area contributed by atoms with E-state index in [1.807, 2.05) is 6.07 Å². The summed E-state index contributed by atoms with van der Waals surface area (Å²) >= 11 is 0. The average molecular weight is 410 g/mol. The minimum absolute atomic E-state index is 0.0702. The van der Waals surface area contributed by atoms with E-state index in [9.17, 15) is 15.0 Å². The fourth-order valence-electron chi connectivity index (χ4n) is 3.20. The smallest absolute Gasteiger partial charge is 0.189 e. The lowest BCUT2D eigenvalue weighted by Gasteiger charge is -2.10. The monoisotopic (exact) mass is 410 g/mol. The number of aliphatic hydroxyl groups excluding tert-OH is 1. The number of hydrogen-bond donors (Lipinski definition) is 2. The van der Waals surface area contributed by atoms with Crippen LogP contribution in [0.2, 0.25) is 0 Å². The number of carbonyl (C=O) groups excluding carboxylic acids is 1. The second-order valence-corrected chi connectivity index (χ2v) is 6.86. The zero-order valence-electron chi connectivity index (χ0n) is 16.4. The Bertz CT molecular complexity index is 1330. The van der Waals surface area contributed by atoms with Crippen LogP contribution in [-0.4, -0.2) is 37.6 Å². The van der Waals surface area contributed by atoms with Gasteiger partial charge in [-0.3, -0.25) is 4.79 Å². The van der Waals surface area contributed by atoms with E-state index < -0.39 is 0 Å². The van der Waals surface area contributed by atoms with Crippen molar-refractivity contribution >= 4 is 28.6 Å². The fourth-order valence-corrected chi connectivity index (χ4v) is 3.20. The first kappa shape index (κ1) is 20.0. The quantitative estimate of drug-likeness (QED) is 0.284. The van der Waals surface area contributed by atoms with Gasteiger partial charge >= 0.3 is 0 Å². The van der Waals surface area contributed by atoms with Gasteiger partial charge in [0.15, 0.2) is 11.5 Å². The van der Waals surface area contributed by atoms with Crippen molar-refractivity contribution in [2.24, 2.45) is 0 Å². The maximum Gasteiger partial charge on any atom is 0.189 e. The molecular weight excluding hydrogens is 392 g/mol. The molecular formula is C24H18N4O3. The van der Waals surface area contributed by atoms with Crippen LogP contribution in [0.3, 0.4) is 0 Å². The highest BCUT2D eigenvalue weighted by Crippen LogP contribution is 2.30. The molecule has 0 fully saturated rings. The molecule has 4 aromatic rings. The van der Waals surface area contributed by atoms with Gasteiger partial charge in [0.25, 0.3) is 0 Å². The summed E-state index contributed by atoms with van der Waals surface area (Å²) in [6.45, 7) is 7.07. The number of aliphatic hydroxyl groups is 1. The van der Waals surface area contributed by atoms with E-state index >= 15 is 0 Å². The number of rotatable bonds is 6. The van der Waals surface area contributed by atoms with Crippen LogP contribution in [0.5, 0.6) is 5.75 Å². The van der Waals surface area contributed by atoms with Crippen LogP contribution >= 0.6 is 0 Å². The summed E-state index contributed by atoms with van der Waals surface area (Å²) in [5.41, 5.74) is 3.58. The molecule has 4 rings (SSSR count). The van der Waals surface area contributed by atoms with E-state index in [4.69, 9.17) is 6.57 Å². The molecule has 0 amide bonds. The number of ketones is 1. The first-order valence-corrected chi connectivity index (χ1v) is 9.58. The van der Waals surface area contributed by atoms with Crippen molar-refractivity contribution in [3.63, 3.8) is 0 Å². The molecule has 0 saturated heterocycles. The summed E-state index contributed by atoms with van der Waals surface area (Å²) in [6, 6.07) is 17.2. The van der Waals surface area contributed by atoms with E-state index in [0.717, 1.165) is 5.56 Å². The fraction of sp³-hybridized carbons (Fsp3) is 0.0833. The van der Waals surface area contributed by atoms with Crippen molar-refractivity contribution in [3.05, 3.63) is 94.8 Å². The molecule has 1 heterocycles. The first-order chi connectivity index (χ1) is 15.1. The number of aromatic hydroxyl groups is 1. The van der Waals surface area contributed by atoms with E-state index in [1.54, 1.807) is 54.6 Å². The summed E-state index contributed by atoms with van der Waals surface area (Å²) < 4.78 is 0. The normalized spacial score (nSPS) is 11.1. The number of fused-ring (bicyclic) bond motifs is 1.